The number of carbonyl (C=O) groups excluding carboxylic acids is 1. The van der Waals surface area contributed by atoms with Crippen LogP contribution in [-0.2, 0) is 10.0 Å². The van der Waals surface area contributed by atoms with Gasteiger partial charge in [-0.2, -0.15) is 4.31 Å². The molecule has 4 aromatic rings. The van der Waals surface area contributed by atoms with E-state index in [0.29, 0.717) is 28.6 Å². The zero-order valence-corrected chi connectivity index (χ0v) is 20.6. The van der Waals surface area contributed by atoms with Gasteiger partial charge < -0.3 is 4.90 Å². The summed E-state index contributed by atoms with van der Waals surface area (Å²) in [5, 5.41) is 2.50. The first kappa shape index (κ1) is 22.1. The third kappa shape index (κ3) is 4.31. The number of fused-ring (bicyclic) bond motifs is 1. The third-order valence-electron chi connectivity index (χ3n) is 5.59. The summed E-state index contributed by atoms with van der Waals surface area (Å²) in [6.07, 6.45) is 3.38. The van der Waals surface area contributed by atoms with Crippen molar-refractivity contribution in [3.63, 3.8) is 0 Å². The van der Waals surface area contributed by atoms with Gasteiger partial charge in [-0.15, -0.1) is 11.3 Å². The maximum Gasteiger partial charge on any atom is 0.254 e. The Hall–Kier alpha value is -2.66. The summed E-state index contributed by atoms with van der Waals surface area (Å²) in [7, 11) is -3.52. The standard InChI is InChI=1S/C23H19BrN4O3S2/c24-17-3-4-20-18(14-17)19(15-21(26-20)16-5-7-25-8-6-16)23(29)27-9-11-28(12-10-27)33(30,31)22-2-1-13-32-22/h1-8,13-15H,9-12H2. The highest BCUT2D eigenvalue weighted by Crippen LogP contribution is 2.29. The minimum absolute atomic E-state index is 0.135. The van der Waals surface area contributed by atoms with E-state index in [2.05, 4.69) is 20.9 Å². The second-order valence-corrected chi connectivity index (χ2v) is 11.6. The first-order chi connectivity index (χ1) is 15.9. The number of carbonyl (C=O) groups is 1. The van der Waals surface area contributed by atoms with Gasteiger partial charge in [0.25, 0.3) is 15.9 Å². The van der Waals surface area contributed by atoms with Crippen molar-refractivity contribution in [1.82, 2.24) is 19.2 Å². The molecule has 0 unspecified atom stereocenters. The van der Waals surface area contributed by atoms with Gasteiger partial charge in [0.2, 0.25) is 0 Å². The zero-order chi connectivity index (χ0) is 23.0. The van der Waals surface area contributed by atoms with Gasteiger partial charge in [-0.05, 0) is 47.8 Å². The van der Waals surface area contributed by atoms with E-state index in [0.717, 1.165) is 20.9 Å². The van der Waals surface area contributed by atoms with Crippen LogP contribution in [0.5, 0.6) is 0 Å². The molecule has 4 heterocycles. The van der Waals surface area contributed by atoms with Crippen molar-refractivity contribution in [3.8, 4) is 11.3 Å². The van der Waals surface area contributed by atoms with Gasteiger partial charge in [0.15, 0.2) is 0 Å². The van der Waals surface area contributed by atoms with Crippen molar-refractivity contribution >= 4 is 54.1 Å². The number of rotatable bonds is 4. The monoisotopic (exact) mass is 542 g/mol. The highest BCUT2D eigenvalue weighted by atomic mass is 79.9. The molecule has 1 aliphatic heterocycles. The molecular formula is C23H19BrN4O3S2. The van der Waals surface area contributed by atoms with Crippen molar-refractivity contribution < 1.29 is 13.2 Å². The number of halogens is 1. The average Bonchev–Trinajstić information content (AvgIpc) is 3.40. The predicted octanol–water partition coefficient (Wildman–Crippen LogP) is 4.27. The molecule has 168 valence electrons. The van der Waals surface area contributed by atoms with E-state index in [1.807, 2.05) is 30.3 Å². The largest absolute Gasteiger partial charge is 0.336 e. The smallest absolute Gasteiger partial charge is 0.254 e. The molecule has 0 radical (unpaired) electrons. The van der Waals surface area contributed by atoms with E-state index in [-0.39, 0.29) is 19.0 Å². The summed E-state index contributed by atoms with van der Waals surface area (Å²) in [6, 6.07) is 14.5. The van der Waals surface area contributed by atoms with Crippen LogP contribution in [0.25, 0.3) is 22.2 Å². The fraction of sp³-hybridized carbons (Fsp3) is 0.174. The highest BCUT2D eigenvalue weighted by molar-refractivity contribution is 9.10. The number of hydrogen-bond acceptors (Lipinski definition) is 6. The molecule has 0 atom stereocenters. The Bertz CT molecular complexity index is 1420. The molecule has 0 saturated carbocycles. The number of thiophene rings is 1. The van der Waals surface area contributed by atoms with Crippen molar-refractivity contribution in [2.45, 2.75) is 4.21 Å². The molecule has 0 N–H and O–H groups in total. The van der Waals surface area contributed by atoms with E-state index >= 15 is 0 Å². The molecule has 1 aromatic carbocycles. The predicted molar refractivity (Wildman–Crippen MR) is 132 cm³/mol. The van der Waals surface area contributed by atoms with E-state index in [4.69, 9.17) is 4.98 Å². The zero-order valence-electron chi connectivity index (χ0n) is 17.4. The lowest BCUT2D eigenvalue weighted by atomic mass is 10.0. The van der Waals surface area contributed by atoms with Crippen LogP contribution in [0.4, 0.5) is 0 Å². The van der Waals surface area contributed by atoms with Crippen LogP contribution in [0.2, 0.25) is 0 Å². The number of aromatic nitrogens is 2. The van der Waals surface area contributed by atoms with Crippen molar-refractivity contribution in [2.75, 3.05) is 26.2 Å². The molecule has 0 aliphatic carbocycles. The molecular weight excluding hydrogens is 524 g/mol. The second-order valence-electron chi connectivity index (χ2n) is 7.58. The lowest BCUT2D eigenvalue weighted by Crippen LogP contribution is -2.50. The van der Waals surface area contributed by atoms with Crippen molar-refractivity contribution in [2.24, 2.45) is 0 Å². The first-order valence-corrected chi connectivity index (χ1v) is 13.4. The molecule has 5 rings (SSSR count). The lowest BCUT2D eigenvalue weighted by Gasteiger charge is -2.34. The summed E-state index contributed by atoms with van der Waals surface area (Å²) >= 11 is 4.69. The molecule has 1 amide bonds. The number of nitrogens with zero attached hydrogens (tertiary/aromatic N) is 4. The second kappa shape index (κ2) is 8.94. The fourth-order valence-electron chi connectivity index (χ4n) is 3.88. The maximum atomic E-state index is 13.6. The Balaban J connectivity index is 1.45. The van der Waals surface area contributed by atoms with Crippen molar-refractivity contribution in [1.29, 1.82) is 0 Å². The number of sulfonamides is 1. The van der Waals surface area contributed by atoms with Crippen LogP contribution < -0.4 is 0 Å². The average molecular weight is 543 g/mol. The van der Waals surface area contributed by atoms with E-state index in [1.54, 1.807) is 40.9 Å². The Morgan fingerprint density at radius 1 is 1.00 bits per heavy atom. The van der Waals surface area contributed by atoms with Gasteiger partial charge >= 0.3 is 0 Å². The molecule has 3 aromatic heterocycles. The summed E-state index contributed by atoms with van der Waals surface area (Å²) in [4.78, 5) is 24.1. The number of piperazine rings is 1. The summed E-state index contributed by atoms with van der Waals surface area (Å²) in [5.41, 5.74) is 2.82. The van der Waals surface area contributed by atoms with E-state index < -0.39 is 10.0 Å². The van der Waals surface area contributed by atoms with Gasteiger partial charge in [-0.3, -0.25) is 9.78 Å². The van der Waals surface area contributed by atoms with E-state index in [1.165, 1.54) is 15.6 Å². The van der Waals surface area contributed by atoms with Crippen LogP contribution in [0, 0.1) is 0 Å². The quantitative estimate of drug-likeness (QED) is 0.384. The maximum absolute atomic E-state index is 13.6. The van der Waals surface area contributed by atoms with Crippen LogP contribution >= 0.6 is 27.3 Å². The molecule has 10 heteroatoms. The fourth-order valence-corrected chi connectivity index (χ4v) is 6.81. The normalized spacial score (nSPS) is 15.1. The Labute approximate surface area is 203 Å². The van der Waals surface area contributed by atoms with E-state index in [9.17, 15) is 13.2 Å². The third-order valence-corrected chi connectivity index (χ3v) is 9.36. The molecule has 0 bridgehead atoms. The van der Waals surface area contributed by atoms with Gasteiger partial charge in [0.05, 0.1) is 16.8 Å². The Morgan fingerprint density at radius 3 is 2.45 bits per heavy atom. The van der Waals surface area contributed by atoms with Gasteiger partial charge in [-0.25, -0.2) is 13.4 Å². The summed E-state index contributed by atoms with van der Waals surface area (Å²) < 4.78 is 28.3. The number of benzene rings is 1. The molecule has 1 aliphatic rings. The van der Waals surface area contributed by atoms with Crippen LogP contribution in [0.15, 0.2) is 75.0 Å². The van der Waals surface area contributed by atoms with Gasteiger partial charge in [-0.1, -0.05) is 22.0 Å². The minimum atomic E-state index is -3.52. The van der Waals surface area contributed by atoms with Crippen LogP contribution in [0.3, 0.4) is 0 Å². The Morgan fingerprint density at radius 2 is 1.76 bits per heavy atom. The number of pyridine rings is 2. The van der Waals surface area contributed by atoms with Gasteiger partial charge in [0.1, 0.15) is 4.21 Å². The van der Waals surface area contributed by atoms with Crippen molar-refractivity contribution in [3.05, 3.63) is 76.3 Å². The van der Waals surface area contributed by atoms with Crippen LogP contribution in [-0.4, -0.2) is 59.7 Å². The molecule has 1 fully saturated rings. The highest BCUT2D eigenvalue weighted by Gasteiger charge is 2.31. The molecule has 0 spiro atoms. The number of amides is 1. The van der Waals surface area contributed by atoms with Gasteiger partial charge in [0, 0.05) is 54.0 Å². The Kier molecular flexibility index (Phi) is 6.00. The molecule has 33 heavy (non-hydrogen) atoms. The summed E-state index contributed by atoms with van der Waals surface area (Å²) in [5.74, 6) is -0.135. The minimum Gasteiger partial charge on any atom is -0.336 e. The number of hydrogen-bond donors (Lipinski definition) is 0. The molecule has 1 saturated heterocycles. The first-order valence-electron chi connectivity index (χ1n) is 10.3. The van der Waals surface area contributed by atoms with Crippen LogP contribution in [0.1, 0.15) is 10.4 Å². The summed E-state index contributed by atoms with van der Waals surface area (Å²) in [6.45, 7) is 1.17. The SMILES string of the molecule is O=C(c1cc(-c2ccncc2)nc2ccc(Br)cc12)N1CCN(S(=O)(=O)c2cccs2)CC1. The lowest BCUT2D eigenvalue weighted by molar-refractivity contribution is 0.0700. The topological polar surface area (TPSA) is 83.5 Å². The molecule has 7 nitrogen and oxygen atoms in total.